The molecule has 352 valence electrons. The SMILES string of the molecule is CC(=O)O[C@@]12CO[C@@H]1C[C@H](O)[C@@]1(C)C(=O)[C@H](OC(=O)N(C)C)C3=C(C)[C@@H](OC(=O)[C@H](O)[C@H](CC(C)C)NC(=O)OC(C)(C)C)[C@@H]4OC(=O)O[C@]4(C(OC(=O)c4ccccc4)C12)C3(C)C. The fourth-order valence-corrected chi connectivity index (χ4v) is 10.4. The van der Waals surface area contributed by atoms with Gasteiger partial charge in [0.2, 0.25) is 5.60 Å². The molecule has 19 nitrogen and oxygen atoms in total. The van der Waals surface area contributed by atoms with Crippen LogP contribution in [-0.4, -0.2) is 143 Å². The fraction of sp³-hybridized carbons (Fsp3) is 0.667. The highest BCUT2D eigenvalue weighted by Crippen LogP contribution is 2.67. The zero-order valence-corrected chi connectivity index (χ0v) is 38.2. The lowest BCUT2D eigenvalue weighted by Gasteiger charge is -2.67. The Bertz CT molecular complexity index is 2100. The van der Waals surface area contributed by atoms with Gasteiger partial charge in [-0.1, -0.05) is 45.9 Å². The second-order valence-electron chi connectivity index (χ2n) is 19.7. The predicted molar refractivity (Wildman–Crippen MR) is 220 cm³/mol. The Balaban J connectivity index is 1.63. The summed E-state index contributed by atoms with van der Waals surface area (Å²) >= 11 is 0. The van der Waals surface area contributed by atoms with Crippen molar-refractivity contribution in [3.05, 3.63) is 47.0 Å². The summed E-state index contributed by atoms with van der Waals surface area (Å²) in [6, 6.07) is 6.46. The summed E-state index contributed by atoms with van der Waals surface area (Å²) in [5, 5.41) is 26.5. The quantitative estimate of drug-likeness (QED) is 0.172. The molecule has 3 N–H and O–H groups in total. The molecule has 1 aromatic rings. The molecular formula is C45H60N2O17. The number of amides is 2. The summed E-state index contributed by atoms with van der Waals surface area (Å²) in [5.74, 6) is -5.87. The van der Waals surface area contributed by atoms with Gasteiger partial charge in [0.05, 0.1) is 35.6 Å². The first-order valence-corrected chi connectivity index (χ1v) is 21.3. The molecule has 1 spiro atoms. The van der Waals surface area contributed by atoms with Crippen molar-refractivity contribution in [2.24, 2.45) is 22.7 Å². The lowest BCUT2D eigenvalue weighted by atomic mass is 9.44. The van der Waals surface area contributed by atoms with Gasteiger partial charge in [0.25, 0.3) is 0 Å². The van der Waals surface area contributed by atoms with Gasteiger partial charge in [0, 0.05) is 32.9 Å². The van der Waals surface area contributed by atoms with E-state index in [-0.39, 0.29) is 42.1 Å². The second-order valence-corrected chi connectivity index (χ2v) is 19.7. The summed E-state index contributed by atoms with van der Waals surface area (Å²) in [4.78, 5) is 99.5. The molecule has 2 amide bonds. The Hall–Kier alpha value is -5.27. The van der Waals surface area contributed by atoms with Crippen LogP contribution < -0.4 is 5.32 Å². The Kier molecular flexibility index (Phi) is 12.8. The van der Waals surface area contributed by atoms with E-state index in [4.69, 9.17) is 37.9 Å². The van der Waals surface area contributed by atoms with E-state index >= 15 is 4.79 Å². The Morgan fingerprint density at radius 1 is 1.00 bits per heavy atom. The van der Waals surface area contributed by atoms with Crippen molar-refractivity contribution in [1.29, 1.82) is 0 Å². The number of hydrogen-bond acceptors (Lipinski definition) is 17. The molecule has 0 aromatic heterocycles. The third-order valence-corrected chi connectivity index (χ3v) is 13.2. The normalized spacial score (nSPS) is 33.5. The number of fused-ring (bicyclic) bond motifs is 4. The second kappa shape index (κ2) is 16.9. The van der Waals surface area contributed by atoms with Gasteiger partial charge >= 0.3 is 36.2 Å². The lowest BCUT2D eigenvalue weighted by molar-refractivity contribution is -0.345. The molecule has 1 aromatic carbocycles. The summed E-state index contributed by atoms with van der Waals surface area (Å²) in [6.07, 6.45) is -15.6. The number of rotatable bonds is 10. The topological polar surface area (TPSA) is 249 Å². The van der Waals surface area contributed by atoms with E-state index in [9.17, 15) is 39.0 Å². The van der Waals surface area contributed by atoms with Gasteiger partial charge in [-0.05, 0) is 70.2 Å². The van der Waals surface area contributed by atoms with Crippen LogP contribution in [0.5, 0.6) is 0 Å². The molecule has 4 fully saturated rings. The van der Waals surface area contributed by atoms with Crippen LogP contribution in [-0.2, 0) is 52.3 Å². The highest BCUT2D eigenvalue weighted by Gasteiger charge is 2.83. The average Bonchev–Trinajstić information content (AvgIpc) is 3.55. The first-order chi connectivity index (χ1) is 29.6. The number of hydrogen-bond donors (Lipinski definition) is 3. The van der Waals surface area contributed by atoms with Crippen LogP contribution in [0.25, 0.3) is 0 Å². The smallest absolute Gasteiger partial charge is 0.454 e. The van der Waals surface area contributed by atoms with Gasteiger partial charge in [0.15, 0.2) is 41.9 Å². The minimum atomic E-state index is -2.38. The van der Waals surface area contributed by atoms with Crippen LogP contribution in [0.3, 0.4) is 0 Å². The number of benzene rings is 1. The van der Waals surface area contributed by atoms with E-state index in [1.165, 1.54) is 40.1 Å². The van der Waals surface area contributed by atoms with Gasteiger partial charge in [0.1, 0.15) is 11.7 Å². The number of alkyl carbamates (subject to hydrolysis) is 1. The van der Waals surface area contributed by atoms with Crippen LogP contribution in [0, 0.1) is 22.7 Å². The number of carbonyl (C=O) groups is 7. The molecule has 2 bridgehead atoms. The third kappa shape index (κ3) is 7.97. The van der Waals surface area contributed by atoms with Crippen molar-refractivity contribution >= 4 is 42.0 Å². The molecule has 2 saturated carbocycles. The summed E-state index contributed by atoms with van der Waals surface area (Å²) in [5.41, 5.74) is -9.13. The highest BCUT2D eigenvalue weighted by molar-refractivity contribution is 5.96. The van der Waals surface area contributed by atoms with Gasteiger partial charge in [-0.3, -0.25) is 9.59 Å². The maximum absolute atomic E-state index is 15.8. The molecule has 0 radical (unpaired) electrons. The molecule has 3 aliphatic carbocycles. The third-order valence-electron chi connectivity index (χ3n) is 13.2. The monoisotopic (exact) mass is 900 g/mol. The number of esters is 3. The number of nitrogens with one attached hydrogen (secondary N) is 1. The summed E-state index contributed by atoms with van der Waals surface area (Å²) in [6.45, 7) is 15.2. The Morgan fingerprint density at radius 2 is 1.64 bits per heavy atom. The number of nitrogens with zero attached hydrogens (tertiary/aromatic N) is 1. The molecule has 64 heavy (non-hydrogen) atoms. The van der Waals surface area contributed by atoms with Gasteiger partial charge in [-0.2, -0.15) is 0 Å². The summed E-state index contributed by atoms with van der Waals surface area (Å²) in [7, 11) is 2.76. The molecule has 2 heterocycles. The van der Waals surface area contributed by atoms with E-state index < -0.39 is 124 Å². The fourth-order valence-electron chi connectivity index (χ4n) is 10.4. The van der Waals surface area contributed by atoms with Crippen LogP contribution in [0.2, 0.25) is 0 Å². The minimum absolute atomic E-state index is 0.0215. The Labute approximate surface area is 371 Å². The van der Waals surface area contributed by atoms with E-state index in [1.54, 1.807) is 66.7 Å². The molecule has 2 aliphatic heterocycles. The van der Waals surface area contributed by atoms with Crippen LogP contribution in [0.15, 0.2) is 41.5 Å². The van der Waals surface area contributed by atoms with Crippen molar-refractivity contribution < 1.29 is 81.7 Å². The average molecular weight is 901 g/mol. The molecule has 2 saturated heterocycles. The number of aliphatic hydroxyl groups excluding tert-OH is 2. The van der Waals surface area contributed by atoms with E-state index in [2.05, 4.69) is 5.32 Å². The van der Waals surface area contributed by atoms with Crippen molar-refractivity contribution in [3.63, 3.8) is 0 Å². The van der Waals surface area contributed by atoms with Crippen molar-refractivity contribution in [3.8, 4) is 0 Å². The molecule has 12 atom stereocenters. The molecule has 19 heteroatoms. The van der Waals surface area contributed by atoms with Crippen molar-refractivity contribution in [2.75, 3.05) is 20.7 Å². The molecule has 5 aliphatic rings. The van der Waals surface area contributed by atoms with Gasteiger partial charge in [-0.25, -0.2) is 24.0 Å². The summed E-state index contributed by atoms with van der Waals surface area (Å²) < 4.78 is 48.5. The first-order valence-electron chi connectivity index (χ1n) is 21.3. The molecule has 6 rings (SSSR count). The maximum Gasteiger partial charge on any atom is 0.509 e. The lowest BCUT2D eigenvalue weighted by Crippen LogP contribution is -2.83. The van der Waals surface area contributed by atoms with Gasteiger partial charge in [-0.15, -0.1) is 0 Å². The number of ether oxygens (including phenoxy) is 8. The van der Waals surface area contributed by atoms with Crippen molar-refractivity contribution in [2.45, 2.75) is 148 Å². The van der Waals surface area contributed by atoms with E-state index in [0.717, 1.165) is 11.8 Å². The van der Waals surface area contributed by atoms with Crippen LogP contribution in [0.4, 0.5) is 14.4 Å². The predicted octanol–water partition coefficient (Wildman–Crippen LogP) is 3.79. The van der Waals surface area contributed by atoms with Crippen LogP contribution in [0.1, 0.15) is 92.4 Å². The number of ketones is 1. The standard InChI is InChI=1S/C45H60N2O17/c1-21(2)18-25(46-38(54)63-41(5,6)7)29(50)37(53)58-30-22(3)28-31(59-39(55)47(11)12)33(51)43(10)26(49)19-27-44(20-57-27,62-23(4)48)32(43)35(60-36(52)24-16-14-13-15-17-24)45(42(28,8)9)34(30)61-40(56)64-45/h13-17,21,25-27,29-32,34-35,49-50H,18-20H2,1-12H3,(H,46,54)/t25-,26-,27+,29+,30+,31+,32?,34-,35?,43+,44-,45+/m0/s1. The minimum Gasteiger partial charge on any atom is -0.454 e. The first kappa shape index (κ1) is 48.2. The Morgan fingerprint density at radius 3 is 2.19 bits per heavy atom. The van der Waals surface area contributed by atoms with Crippen LogP contribution >= 0.6 is 0 Å². The van der Waals surface area contributed by atoms with Crippen molar-refractivity contribution in [1.82, 2.24) is 10.2 Å². The molecular weight excluding hydrogens is 840 g/mol. The molecule has 2 unspecified atom stereocenters. The van der Waals surface area contributed by atoms with E-state index in [0.29, 0.717) is 0 Å². The zero-order chi connectivity index (χ0) is 47.6. The zero-order valence-electron chi connectivity index (χ0n) is 38.2. The highest BCUT2D eigenvalue weighted by atomic mass is 16.8. The number of aliphatic hydroxyl groups is 2. The largest absolute Gasteiger partial charge is 0.509 e. The number of carbonyl (C=O) groups excluding carboxylic acids is 7. The van der Waals surface area contributed by atoms with Gasteiger partial charge < -0.3 is 58.3 Å². The number of Topliss-reactive ketones (excluding diaryl/α,β-unsaturated/α-hetero) is 1. The van der Waals surface area contributed by atoms with E-state index in [1.807, 2.05) is 0 Å². The maximum atomic E-state index is 15.8.